The predicted octanol–water partition coefficient (Wildman–Crippen LogP) is 3.41. The van der Waals surface area contributed by atoms with Gasteiger partial charge in [-0.15, -0.1) is 11.3 Å². The predicted molar refractivity (Wildman–Crippen MR) is 73.8 cm³/mol. The maximum absolute atomic E-state index is 4.52. The van der Waals surface area contributed by atoms with Crippen molar-refractivity contribution in [2.45, 2.75) is 25.7 Å². The number of piperidine rings is 1. The number of hydrogen-bond donors (Lipinski definition) is 0. The Morgan fingerprint density at radius 1 is 1.29 bits per heavy atom. The number of thiazole rings is 1. The highest BCUT2D eigenvalue weighted by atomic mass is 32.1. The van der Waals surface area contributed by atoms with Gasteiger partial charge in [0.25, 0.3) is 0 Å². The van der Waals surface area contributed by atoms with E-state index in [1.165, 1.54) is 41.2 Å². The van der Waals surface area contributed by atoms with Crippen molar-refractivity contribution in [3.05, 3.63) is 28.8 Å². The second-order valence-corrected chi connectivity index (χ2v) is 6.27. The fourth-order valence-electron chi connectivity index (χ4n) is 2.65. The van der Waals surface area contributed by atoms with Crippen molar-refractivity contribution in [1.29, 1.82) is 0 Å². The van der Waals surface area contributed by atoms with Crippen LogP contribution in [0.1, 0.15) is 29.3 Å². The van der Waals surface area contributed by atoms with Crippen molar-refractivity contribution in [1.82, 2.24) is 9.88 Å². The third-order valence-corrected chi connectivity index (χ3v) is 4.64. The third-order valence-electron chi connectivity index (χ3n) is 3.71. The molecule has 0 unspecified atom stereocenters. The Balaban J connectivity index is 1.89. The molecule has 2 aromatic rings. The van der Waals surface area contributed by atoms with Crippen molar-refractivity contribution in [2.75, 3.05) is 20.1 Å². The molecule has 0 saturated carbocycles. The second kappa shape index (κ2) is 4.39. The minimum Gasteiger partial charge on any atom is -0.306 e. The SMILES string of the molecule is Cc1nc2ccc(C3CCN(C)CC3)cc2s1. The average Bonchev–Trinajstić information content (AvgIpc) is 2.69. The standard InChI is InChI=1S/C14H18N2S/c1-10-15-13-4-3-12(9-14(13)17-10)11-5-7-16(2)8-6-11/h3-4,9,11H,5-8H2,1-2H3. The first-order valence-corrected chi connectivity index (χ1v) is 7.09. The molecule has 3 heteroatoms. The van der Waals surface area contributed by atoms with E-state index >= 15 is 0 Å². The Labute approximate surface area is 106 Å². The van der Waals surface area contributed by atoms with Crippen LogP contribution >= 0.6 is 11.3 Å². The number of aromatic nitrogens is 1. The van der Waals surface area contributed by atoms with Crippen molar-refractivity contribution in [2.24, 2.45) is 0 Å². The van der Waals surface area contributed by atoms with E-state index in [0.29, 0.717) is 0 Å². The van der Waals surface area contributed by atoms with Gasteiger partial charge in [0.1, 0.15) is 0 Å². The summed E-state index contributed by atoms with van der Waals surface area (Å²) >= 11 is 1.81. The number of rotatable bonds is 1. The molecule has 2 nitrogen and oxygen atoms in total. The zero-order valence-electron chi connectivity index (χ0n) is 10.4. The molecule has 1 fully saturated rings. The Morgan fingerprint density at radius 2 is 2.06 bits per heavy atom. The fourth-order valence-corrected chi connectivity index (χ4v) is 3.53. The maximum Gasteiger partial charge on any atom is 0.0907 e. The van der Waals surface area contributed by atoms with Gasteiger partial charge < -0.3 is 4.90 Å². The normalized spacial score (nSPS) is 18.9. The lowest BCUT2D eigenvalue weighted by molar-refractivity contribution is 0.255. The summed E-state index contributed by atoms with van der Waals surface area (Å²) in [6.45, 7) is 4.54. The van der Waals surface area contributed by atoms with E-state index in [1.54, 1.807) is 0 Å². The molecule has 1 saturated heterocycles. The molecule has 0 radical (unpaired) electrons. The van der Waals surface area contributed by atoms with Gasteiger partial charge in [0, 0.05) is 0 Å². The highest BCUT2D eigenvalue weighted by Crippen LogP contribution is 2.31. The molecule has 1 aliphatic rings. The quantitative estimate of drug-likeness (QED) is 0.766. The number of benzene rings is 1. The zero-order chi connectivity index (χ0) is 11.8. The Bertz CT molecular complexity index is 524. The first-order valence-electron chi connectivity index (χ1n) is 6.28. The summed E-state index contributed by atoms with van der Waals surface area (Å²) in [7, 11) is 2.21. The van der Waals surface area contributed by atoms with Gasteiger partial charge >= 0.3 is 0 Å². The van der Waals surface area contributed by atoms with Gasteiger partial charge in [0.2, 0.25) is 0 Å². The monoisotopic (exact) mass is 246 g/mol. The highest BCUT2D eigenvalue weighted by molar-refractivity contribution is 7.18. The summed E-state index contributed by atoms with van der Waals surface area (Å²) in [5.41, 5.74) is 2.67. The number of hydrogen-bond acceptors (Lipinski definition) is 3. The van der Waals surface area contributed by atoms with Crippen LogP contribution < -0.4 is 0 Å². The summed E-state index contributed by atoms with van der Waals surface area (Å²) in [5, 5.41) is 1.17. The van der Waals surface area contributed by atoms with Crippen LogP contribution in [0.15, 0.2) is 18.2 Å². The summed E-state index contributed by atoms with van der Waals surface area (Å²) in [6.07, 6.45) is 2.58. The Morgan fingerprint density at radius 3 is 2.82 bits per heavy atom. The number of fused-ring (bicyclic) bond motifs is 1. The zero-order valence-corrected chi connectivity index (χ0v) is 11.3. The van der Waals surface area contributed by atoms with E-state index in [9.17, 15) is 0 Å². The second-order valence-electron chi connectivity index (χ2n) is 5.04. The molecular weight excluding hydrogens is 228 g/mol. The van der Waals surface area contributed by atoms with E-state index < -0.39 is 0 Å². The van der Waals surface area contributed by atoms with E-state index in [-0.39, 0.29) is 0 Å². The van der Waals surface area contributed by atoms with Crippen LogP contribution in [0.4, 0.5) is 0 Å². The smallest absolute Gasteiger partial charge is 0.0907 e. The van der Waals surface area contributed by atoms with Gasteiger partial charge in [-0.1, -0.05) is 6.07 Å². The highest BCUT2D eigenvalue weighted by Gasteiger charge is 2.18. The molecule has 2 heterocycles. The lowest BCUT2D eigenvalue weighted by Crippen LogP contribution is -2.29. The molecule has 0 aliphatic carbocycles. The molecule has 1 aliphatic heterocycles. The number of aryl methyl sites for hydroxylation is 1. The van der Waals surface area contributed by atoms with Crippen LogP contribution in [-0.2, 0) is 0 Å². The van der Waals surface area contributed by atoms with Gasteiger partial charge in [-0.2, -0.15) is 0 Å². The molecule has 3 rings (SSSR count). The van der Waals surface area contributed by atoms with E-state index in [2.05, 4.69) is 42.1 Å². The minimum absolute atomic E-state index is 0.748. The molecule has 90 valence electrons. The summed E-state index contributed by atoms with van der Waals surface area (Å²) in [6, 6.07) is 6.82. The molecule has 0 atom stereocenters. The van der Waals surface area contributed by atoms with E-state index in [0.717, 1.165) is 11.4 Å². The van der Waals surface area contributed by atoms with Crippen LogP contribution in [0.3, 0.4) is 0 Å². The van der Waals surface area contributed by atoms with Crippen LogP contribution in [0.25, 0.3) is 10.2 Å². The first-order chi connectivity index (χ1) is 8.22. The van der Waals surface area contributed by atoms with E-state index in [1.807, 2.05) is 11.3 Å². The largest absolute Gasteiger partial charge is 0.306 e. The topological polar surface area (TPSA) is 16.1 Å². The Kier molecular flexibility index (Phi) is 2.89. The van der Waals surface area contributed by atoms with Gasteiger partial charge in [0.05, 0.1) is 15.2 Å². The summed E-state index contributed by atoms with van der Waals surface area (Å²) in [4.78, 5) is 6.94. The molecule has 1 aromatic carbocycles. The molecule has 0 spiro atoms. The van der Waals surface area contributed by atoms with Gasteiger partial charge in [0.15, 0.2) is 0 Å². The Hall–Kier alpha value is -0.930. The molecule has 1 aromatic heterocycles. The van der Waals surface area contributed by atoms with Gasteiger partial charge in [-0.3, -0.25) is 0 Å². The van der Waals surface area contributed by atoms with E-state index in [4.69, 9.17) is 0 Å². The van der Waals surface area contributed by atoms with Crippen LogP contribution in [0, 0.1) is 6.92 Å². The fraction of sp³-hybridized carbons (Fsp3) is 0.500. The minimum atomic E-state index is 0.748. The molecule has 17 heavy (non-hydrogen) atoms. The van der Waals surface area contributed by atoms with Crippen LogP contribution in [0.5, 0.6) is 0 Å². The lowest BCUT2D eigenvalue weighted by Gasteiger charge is -2.29. The van der Waals surface area contributed by atoms with Crippen molar-refractivity contribution in [3.63, 3.8) is 0 Å². The molecule has 0 amide bonds. The van der Waals surface area contributed by atoms with Gasteiger partial charge in [-0.25, -0.2) is 4.98 Å². The van der Waals surface area contributed by atoms with Crippen LogP contribution in [-0.4, -0.2) is 30.0 Å². The van der Waals surface area contributed by atoms with Crippen molar-refractivity contribution in [3.8, 4) is 0 Å². The summed E-state index contributed by atoms with van der Waals surface area (Å²) < 4.78 is 1.35. The van der Waals surface area contributed by atoms with Gasteiger partial charge in [-0.05, 0) is 63.5 Å². The van der Waals surface area contributed by atoms with Crippen molar-refractivity contribution < 1.29 is 0 Å². The molecule has 0 bridgehead atoms. The molecule has 0 N–H and O–H groups in total. The molecular formula is C14H18N2S. The van der Waals surface area contributed by atoms with Crippen LogP contribution in [0.2, 0.25) is 0 Å². The maximum atomic E-state index is 4.52. The van der Waals surface area contributed by atoms with Crippen molar-refractivity contribution >= 4 is 21.6 Å². The summed E-state index contributed by atoms with van der Waals surface area (Å²) in [5.74, 6) is 0.748. The first kappa shape index (κ1) is 11.2. The average molecular weight is 246 g/mol. The lowest BCUT2D eigenvalue weighted by atomic mass is 9.90. The number of likely N-dealkylation sites (tertiary alicyclic amines) is 1. The number of nitrogens with zero attached hydrogens (tertiary/aromatic N) is 2. The third kappa shape index (κ3) is 2.22.